The van der Waals surface area contributed by atoms with E-state index >= 15 is 0 Å². The molecule has 15 heavy (non-hydrogen) atoms. The van der Waals surface area contributed by atoms with Gasteiger partial charge < -0.3 is 0 Å². The highest BCUT2D eigenvalue weighted by Crippen LogP contribution is 2.21. The summed E-state index contributed by atoms with van der Waals surface area (Å²) in [6.45, 7) is 0. The molecule has 0 atom stereocenters. The second-order valence-corrected chi connectivity index (χ2v) is 4.02. The van der Waals surface area contributed by atoms with Gasteiger partial charge in [0.15, 0.2) is 12.1 Å². The number of aldehydes is 1. The average Bonchev–Trinajstić information content (AvgIpc) is 2.27. The number of halogens is 2. The van der Waals surface area contributed by atoms with E-state index in [1.807, 2.05) is 28.7 Å². The van der Waals surface area contributed by atoms with Gasteiger partial charge in [0.25, 0.3) is 0 Å². The molecule has 0 spiro atoms. The Morgan fingerprint density at radius 2 is 2.27 bits per heavy atom. The van der Waals surface area contributed by atoms with Crippen LogP contribution in [0.15, 0.2) is 12.1 Å². The summed E-state index contributed by atoms with van der Waals surface area (Å²) in [7, 11) is 0. The molecule has 1 aromatic carbocycles. The zero-order valence-electron chi connectivity index (χ0n) is 7.46. The number of carbonyl (C=O) groups excluding carboxylic acids is 2. The number of rotatable bonds is 3. The van der Waals surface area contributed by atoms with Crippen molar-refractivity contribution in [2.24, 2.45) is 0 Å². The van der Waals surface area contributed by atoms with Gasteiger partial charge in [-0.2, -0.15) is 5.26 Å². The summed E-state index contributed by atoms with van der Waals surface area (Å²) in [5, 5.41) is 8.77. The highest BCUT2D eigenvalue weighted by atomic mass is 127. The monoisotopic (exact) mass is 333 g/mol. The van der Waals surface area contributed by atoms with Crippen LogP contribution in [0.5, 0.6) is 0 Å². The molecular formula is C10H5ClINO2. The normalized spacial score (nSPS) is 9.40. The number of benzene rings is 1. The molecule has 0 N–H and O–H groups in total. The number of ketones is 1. The van der Waals surface area contributed by atoms with Crippen LogP contribution in [0, 0.1) is 14.9 Å². The molecule has 0 saturated heterocycles. The lowest BCUT2D eigenvalue weighted by molar-refractivity contribution is 0.101. The summed E-state index contributed by atoms with van der Waals surface area (Å²) >= 11 is 7.30. The van der Waals surface area contributed by atoms with E-state index < -0.39 is 0 Å². The van der Waals surface area contributed by atoms with Crippen LogP contribution in [0.4, 0.5) is 0 Å². The summed E-state index contributed by atoms with van der Waals surface area (Å²) in [6, 6.07) is 4.91. The third-order valence-corrected chi connectivity index (χ3v) is 3.19. The highest BCUT2D eigenvalue weighted by Gasteiger charge is 2.16. The predicted molar refractivity (Wildman–Crippen MR) is 64.3 cm³/mol. The van der Waals surface area contributed by atoms with Crippen molar-refractivity contribution in [3.63, 3.8) is 0 Å². The fourth-order valence-corrected chi connectivity index (χ4v) is 2.17. The van der Waals surface area contributed by atoms with Gasteiger partial charge >= 0.3 is 0 Å². The van der Waals surface area contributed by atoms with Gasteiger partial charge in [0, 0.05) is 14.7 Å². The molecule has 0 radical (unpaired) electrons. The molecular weight excluding hydrogens is 328 g/mol. The van der Waals surface area contributed by atoms with Crippen molar-refractivity contribution in [2.75, 3.05) is 5.88 Å². The SMILES string of the molecule is N#Cc1ccc(C=O)c(C(=O)CCl)c1I. The molecule has 1 rings (SSSR count). The molecule has 5 heteroatoms. The van der Waals surface area contributed by atoms with E-state index in [0.717, 1.165) is 0 Å². The zero-order valence-corrected chi connectivity index (χ0v) is 10.4. The number of nitrogens with zero attached hydrogens (tertiary/aromatic N) is 1. The van der Waals surface area contributed by atoms with E-state index in [2.05, 4.69) is 0 Å². The molecule has 0 saturated carbocycles. The first kappa shape index (κ1) is 12.1. The summed E-state index contributed by atoms with van der Waals surface area (Å²) in [4.78, 5) is 22.2. The van der Waals surface area contributed by atoms with Gasteiger partial charge in [0.1, 0.15) is 6.07 Å². The molecule has 0 bridgehead atoms. The van der Waals surface area contributed by atoms with E-state index in [1.165, 1.54) is 12.1 Å². The fourth-order valence-electron chi connectivity index (χ4n) is 1.13. The Kier molecular flexibility index (Phi) is 4.24. The molecule has 0 aromatic heterocycles. The van der Waals surface area contributed by atoms with Crippen molar-refractivity contribution < 1.29 is 9.59 Å². The summed E-state index contributed by atoms with van der Waals surface area (Å²) in [5.74, 6) is -0.550. The van der Waals surface area contributed by atoms with Crippen LogP contribution in [0.25, 0.3) is 0 Å². The Labute approximate surface area is 105 Å². The molecule has 3 nitrogen and oxygen atoms in total. The lowest BCUT2D eigenvalue weighted by Crippen LogP contribution is -2.08. The number of carbonyl (C=O) groups is 2. The number of nitriles is 1. The van der Waals surface area contributed by atoms with E-state index in [4.69, 9.17) is 16.9 Å². The highest BCUT2D eigenvalue weighted by molar-refractivity contribution is 14.1. The second kappa shape index (κ2) is 5.24. The maximum Gasteiger partial charge on any atom is 0.179 e. The smallest absolute Gasteiger partial charge is 0.179 e. The maximum atomic E-state index is 11.5. The Hall–Kier alpha value is -0.930. The van der Waals surface area contributed by atoms with Gasteiger partial charge in [-0.25, -0.2) is 0 Å². The number of alkyl halides is 1. The fraction of sp³-hybridized carbons (Fsp3) is 0.100. The van der Waals surface area contributed by atoms with Crippen molar-refractivity contribution in [1.82, 2.24) is 0 Å². The molecule has 1 aromatic rings. The van der Waals surface area contributed by atoms with Gasteiger partial charge in [0.2, 0.25) is 0 Å². The molecule has 0 unspecified atom stereocenters. The third kappa shape index (κ3) is 2.36. The summed E-state index contributed by atoms with van der Waals surface area (Å²) < 4.78 is 0.477. The Bertz CT molecular complexity index is 465. The average molecular weight is 334 g/mol. The quantitative estimate of drug-likeness (QED) is 0.369. The van der Waals surface area contributed by atoms with E-state index in [0.29, 0.717) is 15.4 Å². The van der Waals surface area contributed by atoms with E-state index in [1.54, 1.807) is 0 Å². The maximum absolute atomic E-state index is 11.5. The van der Waals surface area contributed by atoms with Crippen LogP contribution in [-0.4, -0.2) is 17.9 Å². The predicted octanol–water partition coefficient (Wildman–Crippen LogP) is 2.40. The molecule has 0 aliphatic heterocycles. The van der Waals surface area contributed by atoms with Gasteiger partial charge in [-0.3, -0.25) is 9.59 Å². The number of Topliss-reactive ketones (excluding diaryl/α,β-unsaturated/α-hetero) is 1. The van der Waals surface area contributed by atoms with Crippen molar-refractivity contribution in [3.8, 4) is 6.07 Å². The van der Waals surface area contributed by atoms with Gasteiger partial charge in [-0.1, -0.05) is 0 Å². The topological polar surface area (TPSA) is 57.9 Å². The Morgan fingerprint density at radius 1 is 1.60 bits per heavy atom. The molecule has 0 heterocycles. The van der Waals surface area contributed by atoms with Crippen molar-refractivity contribution in [2.45, 2.75) is 0 Å². The standard InChI is InChI=1S/C10H5ClINO2/c11-3-8(15)9-7(5-14)2-1-6(4-13)10(9)12/h1-2,5H,3H2. The first-order valence-electron chi connectivity index (χ1n) is 3.92. The van der Waals surface area contributed by atoms with Gasteiger partial charge in [-0.15, -0.1) is 11.6 Å². The lowest BCUT2D eigenvalue weighted by Gasteiger charge is -2.05. The first-order valence-corrected chi connectivity index (χ1v) is 5.54. The van der Waals surface area contributed by atoms with Crippen LogP contribution >= 0.6 is 34.2 Å². The van der Waals surface area contributed by atoms with E-state index in [9.17, 15) is 9.59 Å². The molecule has 76 valence electrons. The Balaban J connectivity index is 3.50. The van der Waals surface area contributed by atoms with Gasteiger partial charge in [0.05, 0.1) is 11.4 Å². The third-order valence-electron chi connectivity index (χ3n) is 1.82. The van der Waals surface area contributed by atoms with Crippen molar-refractivity contribution in [1.29, 1.82) is 5.26 Å². The van der Waals surface area contributed by atoms with Crippen LogP contribution in [0.3, 0.4) is 0 Å². The second-order valence-electron chi connectivity index (χ2n) is 2.68. The molecule has 0 fully saturated rings. The van der Waals surface area contributed by atoms with Crippen molar-refractivity contribution in [3.05, 3.63) is 32.4 Å². The van der Waals surface area contributed by atoms with Crippen LogP contribution in [0.1, 0.15) is 26.3 Å². The molecule has 0 amide bonds. The van der Waals surface area contributed by atoms with Crippen molar-refractivity contribution >= 4 is 46.3 Å². The number of hydrogen-bond donors (Lipinski definition) is 0. The van der Waals surface area contributed by atoms with Gasteiger partial charge in [-0.05, 0) is 34.7 Å². The minimum atomic E-state index is -0.347. The largest absolute Gasteiger partial charge is 0.298 e. The lowest BCUT2D eigenvalue weighted by atomic mass is 10.0. The molecule has 0 aliphatic carbocycles. The Morgan fingerprint density at radius 3 is 2.73 bits per heavy atom. The van der Waals surface area contributed by atoms with Crippen LogP contribution in [0.2, 0.25) is 0 Å². The zero-order chi connectivity index (χ0) is 11.4. The summed E-state index contributed by atoms with van der Waals surface area (Å²) in [6.07, 6.45) is 0.586. The molecule has 0 aliphatic rings. The number of hydrogen-bond acceptors (Lipinski definition) is 3. The van der Waals surface area contributed by atoms with Crippen LogP contribution in [-0.2, 0) is 0 Å². The first-order chi connectivity index (χ1) is 7.15. The van der Waals surface area contributed by atoms with Crippen LogP contribution < -0.4 is 0 Å². The minimum Gasteiger partial charge on any atom is -0.298 e. The van der Waals surface area contributed by atoms with E-state index in [-0.39, 0.29) is 22.8 Å². The summed E-state index contributed by atoms with van der Waals surface area (Å²) in [5.41, 5.74) is 0.873. The minimum absolute atomic E-state index is 0.203.